The fourth-order valence-electron chi connectivity index (χ4n) is 4.49. The Kier molecular flexibility index (Phi) is 9.56. The van der Waals surface area contributed by atoms with Gasteiger partial charge in [0.1, 0.15) is 5.82 Å². The minimum atomic E-state index is -1.36. The molecule has 0 amide bonds. The molecule has 188 valence electrons. The van der Waals surface area contributed by atoms with Gasteiger partial charge in [-0.15, -0.1) is 23.5 Å². The quantitative estimate of drug-likeness (QED) is 0.234. The van der Waals surface area contributed by atoms with Crippen LogP contribution in [0.2, 0.25) is 0 Å². The van der Waals surface area contributed by atoms with Gasteiger partial charge in [-0.1, -0.05) is 30.3 Å². The van der Waals surface area contributed by atoms with Crippen LogP contribution in [0.1, 0.15) is 25.6 Å². The molecule has 1 aromatic heterocycles. The van der Waals surface area contributed by atoms with Crippen LogP contribution in [0.5, 0.6) is 0 Å². The van der Waals surface area contributed by atoms with Gasteiger partial charge in [0.25, 0.3) is 0 Å². The number of aromatic nitrogens is 2. The topological polar surface area (TPSA) is 72.4 Å². The van der Waals surface area contributed by atoms with E-state index in [1.54, 1.807) is 35.7 Å². The zero-order valence-corrected chi connectivity index (χ0v) is 22.8. The molecular formula is C28H34BN3O2S2. The van der Waals surface area contributed by atoms with Crippen molar-refractivity contribution < 1.29 is 10.0 Å². The number of fused-ring (bicyclic) bond motifs is 1. The van der Waals surface area contributed by atoms with Crippen molar-refractivity contribution in [1.82, 2.24) is 14.9 Å². The summed E-state index contributed by atoms with van der Waals surface area (Å²) in [7, 11) is -1.36. The summed E-state index contributed by atoms with van der Waals surface area (Å²) in [5.41, 5.74) is 5.22. The first kappa shape index (κ1) is 26.8. The zero-order valence-electron chi connectivity index (χ0n) is 21.1. The molecule has 3 N–H and O–H groups in total. The number of benzene rings is 3. The summed E-state index contributed by atoms with van der Waals surface area (Å²) in [6.07, 6.45) is 7.75. The van der Waals surface area contributed by atoms with Crippen molar-refractivity contribution in [3.05, 3.63) is 72.6 Å². The van der Waals surface area contributed by atoms with Crippen LogP contribution in [0.3, 0.4) is 0 Å². The van der Waals surface area contributed by atoms with Gasteiger partial charge in [-0.05, 0) is 91.8 Å². The lowest BCUT2D eigenvalue weighted by atomic mass is 9.81. The molecule has 0 bridgehead atoms. The highest BCUT2D eigenvalue weighted by Crippen LogP contribution is 2.26. The third kappa shape index (κ3) is 6.96. The average molecular weight is 520 g/mol. The SMILES string of the molecule is CSc1ccc(-c2ccc3nc(CCN4CCC[C@H]4C)[nH]c3c2)cc1.CSc1ccc(B(O)O)cc1. The van der Waals surface area contributed by atoms with Crippen molar-refractivity contribution in [3.8, 4) is 11.1 Å². The number of imidazole rings is 1. The molecule has 4 aromatic rings. The summed E-state index contributed by atoms with van der Waals surface area (Å²) in [6, 6.07) is 23.1. The average Bonchev–Trinajstić information content (AvgIpc) is 3.52. The Morgan fingerprint density at radius 3 is 2.17 bits per heavy atom. The van der Waals surface area contributed by atoms with Crippen LogP contribution in [0, 0.1) is 0 Å². The minimum Gasteiger partial charge on any atom is -0.423 e. The van der Waals surface area contributed by atoms with E-state index in [0.717, 1.165) is 40.8 Å². The van der Waals surface area contributed by atoms with E-state index >= 15 is 0 Å². The molecular weight excluding hydrogens is 485 g/mol. The van der Waals surface area contributed by atoms with Gasteiger partial charge in [0.15, 0.2) is 0 Å². The molecule has 5 nitrogen and oxygen atoms in total. The number of nitrogens with one attached hydrogen (secondary N) is 1. The molecule has 0 saturated carbocycles. The third-order valence-electron chi connectivity index (χ3n) is 6.69. The number of hydrogen-bond acceptors (Lipinski definition) is 6. The molecule has 8 heteroatoms. The van der Waals surface area contributed by atoms with Crippen molar-refractivity contribution in [1.29, 1.82) is 0 Å². The number of likely N-dealkylation sites (tertiary alicyclic amines) is 1. The lowest BCUT2D eigenvalue weighted by molar-refractivity contribution is 0.271. The highest BCUT2D eigenvalue weighted by atomic mass is 32.2. The monoisotopic (exact) mass is 519 g/mol. The second-order valence-electron chi connectivity index (χ2n) is 9.07. The summed E-state index contributed by atoms with van der Waals surface area (Å²) in [5.74, 6) is 1.10. The molecule has 5 rings (SSSR count). The van der Waals surface area contributed by atoms with E-state index in [-0.39, 0.29) is 0 Å². The molecule has 1 aliphatic rings. The number of thioether (sulfide) groups is 2. The number of nitrogens with zero attached hydrogens (tertiary/aromatic N) is 2. The second-order valence-corrected chi connectivity index (χ2v) is 10.8. The number of hydrogen-bond donors (Lipinski definition) is 3. The molecule has 2 heterocycles. The lowest BCUT2D eigenvalue weighted by Gasteiger charge is -2.19. The van der Waals surface area contributed by atoms with Crippen LogP contribution in [-0.2, 0) is 6.42 Å². The van der Waals surface area contributed by atoms with E-state index < -0.39 is 7.12 Å². The Bertz CT molecular complexity index is 1250. The van der Waals surface area contributed by atoms with Crippen LogP contribution >= 0.6 is 23.5 Å². The maximum absolute atomic E-state index is 8.74. The Labute approximate surface area is 222 Å². The summed E-state index contributed by atoms with van der Waals surface area (Å²) in [6.45, 7) is 4.67. The summed E-state index contributed by atoms with van der Waals surface area (Å²) >= 11 is 3.40. The molecule has 1 aliphatic heterocycles. The predicted octanol–water partition coefficient (Wildman–Crippen LogP) is 5.07. The number of aromatic amines is 1. The fourth-order valence-corrected chi connectivity index (χ4v) is 5.31. The number of rotatable bonds is 7. The standard InChI is InChI=1S/C21H25N3S.C7H9BO2S/c1-15-4-3-12-24(15)13-11-21-22-19-10-7-17(14-20(19)23-21)16-5-8-18(25-2)9-6-16;1-11-7-4-2-6(3-5-7)8(9)10/h5-10,14-15H,3-4,11-13H2,1-2H3,(H,22,23);2-5,9-10H,1H3/t15-;/m1./s1. The molecule has 3 aromatic carbocycles. The van der Waals surface area contributed by atoms with Crippen LogP contribution in [0.15, 0.2) is 76.5 Å². The first-order chi connectivity index (χ1) is 17.5. The number of H-pyrrole nitrogens is 1. The second kappa shape index (κ2) is 12.8. The molecule has 0 radical (unpaired) electrons. The van der Waals surface area contributed by atoms with E-state index in [1.807, 2.05) is 18.4 Å². The molecule has 0 aliphatic carbocycles. The normalized spacial score (nSPS) is 15.6. The first-order valence-corrected chi connectivity index (χ1v) is 14.8. The maximum atomic E-state index is 8.74. The highest BCUT2D eigenvalue weighted by Gasteiger charge is 2.20. The smallest absolute Gasteiger partial charge is 0.423 e. The molecule has 1 fully saturated rings. The van der Waals surface area contributed by atoms with Gasteiger partial charge in [-0.3, -0.25) is 0 Å². The van der Waals surface area contributed by atoms with Crippen LogP contribution in [0.25, 0.3) is 22.2 Å². The molecule has 36 heavy (non-hydrogen) atoms. The largest absolute Gasteiger partial charge is 0.488 e. The van der Waals surface area contributed by atoms with Gasteiger partial charge >= 0.3 is 7.12 Å². The first-order valence-electron chi connectivity index (χ1n) is 12.3. The molecule has 0 unspecified atom stereocenters. The summed E-state index contributed by atoms with van der Waals surface area (Å²) in [4.78, 5) is 13.3. The van der Waals surface area contributed by atoms with Gasteiger partial charge in [-0.25, -0.2) is 4.98 Å². The van der Waals surface area contributed by atoms with Gasteiger partial charge in [0.2, 0.25) is 0 Å². The Hall–Kier alpha value is -2.23. The van der Waals surface area contributed by atoms with Crippen molar-refractivity contribution in [3.63, 3.8) is 0 Å². The third-order valence-corrected chi connectivity index (χ3v) is 8.18. The molecule has 1 atom stereocenters. The van der Waals surface area contributed by atoms with Gasteiger partial charge < -0.3 is 19.9 Å². The van der Waals surface area contributed by atoms with Crippen molar-refractivity contribution in [2.75, 3.05) is 25.6 Å². The highest BCUT2D eigenvalue weighted by molar-refractivity contribution is 7.98. The van der Waals surface area contributed by atoms with E-state index in [2.05, 4.69) is 65.5 Å². The van der Waals surface area contributed by atoms with E-state index in [4.69, 9.17) is 15.0 Å². The Morgan fingerprint density at radius 2 is 1.58 bits per heavy atom. The summed E-state index contributed by atoms with van der Waals surface area (Å²) < 4.78 is 0. The lowest BCUT2D eigenvalue weighted by Crippen LogP contribution is -2.29. The van der Waals surface area contributed by atoms with Gasteiger partial charge in [-0.2, -0.15) is 0 Å². The Morgan fingerprint density at radius 1 is 0.944 bits per heavy atom. The van der Waals surface area contributed by atoms with Crippen molar-refractivity contribution in [2.24, 2.45) is 0 Å². The predicted molar refractivity (Wildman–Crippen MR) is 155 cm³/mol. The van der Waals surface area contributed by atoms with E-state index in [9.17, 15) is 0 Å². The fraction of sp³-hybridized carbons (Fsp3) is 0.321. The van der Waals surface area contributed by atoms with Gasteiger partial charge in [0.05, 0.1) is 11.0 Å². The van der Waals surface area contributed by atoms with Crippen LogP contribution in [-0.4, -0.2) is 63.7 Å². The Balaban J connectivity index is 0.000000233. The van der Waals surface area contributed by atoms with Crippen LogP contribution in [0.4, 0.5) is 0 Å². The zero-order chi connectivity index (χ0) is 25.5. The van der Waals surface area contributed by atoms with Gasteiger partial charge in [0, 0.05) is 28.8 Å². The van der Waals surface area contributed by atoms with Crippen molar-refractivity contribution in [2.45, 2.75) is 42.0 Å². The maximum Gasteiger partial charge on any atom is 0.488 e. The van der Waals surface area contributed by atoms with E-state index in [0.29, 0.717) is 5.46 Å². The summed E-state index contributed by atoms with van der Waals surface area (Å²) in [5, 5.41) is 17.5. The molecule has 1 saturated heterocycles. The molecule has 0 spiro atoms. The minimum absolute atomic E-state index is 0.530. The van der Waals surface area contributed by atoms with Crippen molar-refractivity contribution >= 4 is 47.1 Å². The van der Waals surface area contributed by atoms with Crippen LogP contribution < -0.4 is 5.46 Å². The van der Waals surface area contributed by atoms with E-state index in [1.165, 1.54) is 35.4 Å².